The predicted molar refractivity (Wildman–Crippen MR) is 264 cm³/mol. The van der Waals surface area contributed by atoms with Gasteiger partial charge in [-0.3, -0.25) is 0 Å². The second-order valence-electron chi connectivity index (χ2n) is 16.1. The number of hydrogen-bond acceptors (Lipinski definition) is 1. The molecule has 0 aliphatic carbocycles. The largest absolute Gasteiger partial charge is 0.310 e. The summed E-state index contributed by atoms with van der Waals surface area (Å²) in [6, 6.07) is 88.5. The fraction of sp³-hybridized carbons (Fsp3) is 0. The number of nitrogens with zero attached hydrogens (tertiary/aromatic N) is 2. The molecule has 62 heavy (non-hydrogen) atoms. The van der Waals surface area contributed by atoms with Gasteiger partial charge in [0.25, 0.3) is 0 Å². The van der Waals surface area contributed by atoms with Gasteiger partial charge in [-0.2, -0.15) is 0 Å². The highest BCUT2D eigenvalue weighted by atomic mass is 15.1. The average molecular weight is 789 g/mol. The topological polar surface area (TPSA) is 8.17 Å². The molecule has 2 heteroatoms. The zero-order valence-electron chi connectivity index (χ0n) is 34.0. The second-order valence-corrected chi connectivity index (χ2v) is 16.1. The van der Waals surface area contributed by atoms with Crippen molar-refractivity contribution in [2.45, 2.75) is 0 Å². The highest BCUT2D eigenvalue weighted by molar-refractivity contribution is 6.21. The predicted octanol–water partition coefficient (Wildman–Crippen LogP) is 16.7. The zero-order chi connectivity index (χ0) is 41.0. The van der Waals surface area contributed by atoms with Crippen molar-refractivity contribution in [1.82, 2.24) is 4.57 Å². The molecule has 0 amide bonds. The lowest BCUT2D eigenvalue weighted by Gasteiger charge is -2.28. The fourth-order valence-corrected chi connectivity index (χ4v) is 9.78. The van der Waals surface area contributed by atoms with Crippen LogP contribution in [0.25, 0.3) is 93.2 Å². The average Bonchev–Trinajstić information content (AvgIpc) is 3.68. The number of benzene rings is 11. The SMILES string of the molecule is c1ccc(-c2c3ccccc3c(-c3ccc(N(c4ccc5c(c4)c4ccccc4n5-c4ccccc4)c4ccccc4-c4ccc5ccccc5c4)cc3)c3ccccc23)cc1. The summed E-state index contributed by atoms with van der Waals surface area (Å²) < 4.78 is 2.38. The van der Waals surface area contributed by atoms with Crippen LogP contribution in [-0.2, 0) is 0 Å². The maximum absolute atomic E-state index is 2.44. The molecule has 0 bridgehead atoms. The second kappa shape index (κ2) is 14.8. The van der Waals surface area contributed by atoms with Crippen LogP contribution in [0.1, 0.15) is 0 Å². The Bertz CT molecular complexity index is 3560. The molecule has 290 valence electrons. The van der Waals surface area contributed by atoms with Gasteiger partial charge in [0.15, 0.2) is 0 Å². The third-order valence-electron chi connectivity index (χ3n) is 12.5. The van der Waals surface area contributed by atoms with E-state index in [1.807, 2.05) is 0 Å². The molecule has 0 aliphatic rings. The molecule has 0 fully saturated rings. The van der Waals surface area contributed by atoms with Gasteiger partial charge < -0.3 is 9.47 Å². The molecular weight excluding hydrogens is 749 g/mol. The van der Waals surface area contributed by atoms with Crippen LogP contribution >= 0.6 is 0 Å². The number of aromatic nitrogens is 1. The van der Waals surface area contributed by atoms with Crippen molar-refractivity contribution in [2.75, 3.05) is 4.90 Å². The van der Waals surface area contributed by atoms with Crippen LogP contribution in [-0.4, -0.2) is 4.57 Å². The minimum Gasteiger partial charge on any atom is -0.310 e. The van der Waals surface area contributed by atoms with E-state index in [9.17, 15) is 0 Å². The van der Waals surface area contributed by atoms with Crippen molar-refractivity contribution in [2.24, 2.45) is 0 Å². The molecular formula is C60H40N2. The summed E-state index contributed by atoms with van der Waals surface area (Å²) in [5.41, 5.74) is 14.1. The number of anilines is 3. The minimum atomic E-state index is 1.09. The molecule has 0 N–H and O–H groups in total. The van der Waals surface area contributed by atoms with E-state index in [1.54, 1.807) is 0 Å². The lowest BCUT2D eigenvalue weighted by molar-refractivity contribution is 1.18. The molecule has 0 atom stereocenters. The standard InChI is InChI=1S/C60H40N2/c1-3-18-42(19-4-1)59-51-25-9-11-27-53(51)60(54-28-12-10-26-52(54)59)43-33-35-47(36-34-43)61(56-29-15-13-23-49(56)45-32-31-41-17-7-8-20-44(41)39-45)48-37-38-58-55(40-48)50-24-14-16-30-57(50)62(58)46-21-5-2-6-22-46/h1-40H. The van der Waals surface area contributed by atoms with E-state index in [4.69, 9.17) is 0 Å². The molecule has 0 unspecified atom stereocenters. The van der Waals surface area contributed by atoms with E-state index in [0.29, 0.717) is 0 Å². The van der Waals surface area contributed by atoms with E-state index in [1.165, 1.54) is 87.5 Å². The van der Waals surface area contributed by atoms with Crippen LogP contribution in [0.4, 0.5) is 17.1 Å². The van der Waals surface area contributed by atoms with E-state index >= 15 is 0 Å². The third kappa shape index (κ3) is 5.88. The Morgan fingerprint density at radius 1 is 0.290 bits per heavy atom. The zero-order valence-corrected chi connectivity index (χ0v) is 34.0. The van der Waals surface area contributed by atoms with E-state index in [0.717, 1.165) is 22.7 Å². The molecule has 2 nitrogen and oxygen atoms in total. The highest BCUT2D eigenvalue weighted by Crippen LogP contribution is 2.47. The first kappa shape index (κ1) is 35.7. The Hall–Kier alpha value is -8.20. The van der Waals surface area contributed by atoms with Gasteiger partial charge in [0.1, 0.15) is 0 Å². The van der Waals surface area contributed by atoms with Gasteiger partial charge in [0.05, 0.1) is 16.7 Å². The van der Waals surface area contributed by atoms with E-state index < -0.39 is 0 Å². The lowest BCUT2D eigenvalue weighted by atomic mass is 9.86. The molecule has 0 spiro atoms. The Labute approximate surface area is 360 Å². The van der Waals surface area contributed by atoms with Crippen molar-refractivity contribution >= 4 is 71.2 Å². The van der Waals surface area contributed by atoms with Crippen LogP contribution in [0.15, 0.2) is 243 Å². The maximum atomic E-state index is 2.44. The molecule has 0 saturated heterocycles. The summed E-state index contributed by atoms with van der Waals surface area (Å²) in [6.07, 6.45) is 0. The maximum Gasteiger partial charge on any atom is 0.0542 e. The van der Waals surface area contributed by atoms with Crippen LogP contribution < -0.4 is 4.90 Å². The summed E-state index contributed by atoms with van der Waals surface area (Å²) in [7, 11) is 0. The molecule has 0 aliphatic heterocycles. The number of para-hydroxylation sites is 3. The quantitative estimate of drug-likeness (QED) is 0.146. The van der Waals surface area contributed by atoms with Crippen molar-refractivity contribution < 1.29 is 0 Å². The summed E-state index contributed by atoms with van der Waals surface area (Å²) in [6.45, 7) is 0. The summed E-state index contributed by atoms with van der Waals surface area (Å²) in [5, 5.41) is 9.90. The molecule has 1 aromatic heterocycles. The third-order valence-corrected chi connectivity index (χ3v) is 12.5. The Morgan fingerprint density at radius 3 is 1.48 bits per heavy atom. The van der Waals surface area contributed by atoms with Crippen molar-refractivity contribution in [3.05, 3.63) is 243 Å². The van der Waals surface area contributed by atoms with Crippen LogP contribution in [0.2, 0.25) is 0 Å². The van der Waals surface area contributed by atoms with Crippen molar-refractivity contribution in [3.8, 4) is 39.1 Å². The van der Waals surface area contributed by atoms with Gasteiger partial charge in [-0.25, -0.2) is 0 Å². The van der Waals surface area contributed by atoms with E-state index in [2.05, 4.69) is 252 Å². The number of rotatable bonds is 7. The molecule has 1 heterocycles. The Kier molecular flexibility index (Phi) is 8.53. The van der Waals surface area contributed by atoms with Crippen molar-refractivity contribution in [1.29, 1.82) is 0 Å². The van der Waals surface area contributed by atoms with Gasteiger partial charge in [-0.15, -0.1) is 0 Å². The first-order valence-electron chi connectivity index (χ1n) is 21.3. The first-order valence-corrected chi connectivity index (χ1v) is 21.3. The van der Waals surface area contributed by atoms with Crippen LogP contribution in [0.5, 0.6) is 0 Å². The monoisotopic (exact) mass is 788 g/mol. The van der Waals surface area contributed by atoms with Crippen LogP contribution in [0.3, 0.4) is 0 Å². The molecule has 12 aromatic rings. The van der Waals surface area contributed by atoms with Gasteiger partial charge >= 0.3 is 0 Å². The van der Waals surface area contributed by atoms with Gasteiger partial charge in [0, 0.05) is 33.4 Å². The molecule has 12 rings (SSSR count). The lowest BCUT2D eigenvalue weighted by Crippen LogP contribution is -2.11. The summed E-state index contributed by atoms with van der Waals surface area (Å²) >= 11 is 0. The van der Waals surface area contributed by atoms with E-state index in [-0.39, 0.29) is 0 Å². The fourth-order valence-electron chi connectivity index (χ4n) is 9.78. The summed E-state index contributed by atoms with van der Waals surface area (Å²) in [5.74, 6) is 0. The Balaban J connectivity index is 1.07. The number of hydrogen-bond donors (Lipinski definition) is 0. The molecule has 0 radical (unpaired) electrons. The van der Waals surface area contributed by atoms with Gasteiger partial charge in [0.2, 0.25) is 0 Å². The van der Waals surface area contributed by atoms with Gasteiger partial charge in [-0.05, 0) is 121 Å². The van der Waals surface area contributed by atoms with Crippen LogP contribution in [0, 0.1) is 0 Å². The highest BCUT2D eigenvalue weighted by Gasteiger charge is 2.22. The molecule has 0 saturated carbocycles. The van der Waals surface area contributed by atoms with Gasteiger partial charge in [-0.1, -0.05) is 182 Å². The first-order chi connectivity index (χ1) is 30.8. The number of fused-ring (bicyclic) bond motifs is 6. The summed E-state index contributed by atoms with van der Waals surface area (Å²) in [4.78, 5) is 2.44. The van der Waals surface area contributed by atoms with Crippen molar-refractivity contribution in [3.63, 3.8) is 0 Å². The minimum absolute atomic E-state index is 1.09. The molecule has 11 aromatic carbocycles. The normalized spacial score (nSPS) is 11.5. The Morgan fingerprint density at radius 2 is 0.790 bits per heavy atom. The smallest absolute Gasteiger partial charge is 0.0542 e.